The van der Waals surface area contributed by atoms with Crippen molar-refractivity contribution < 1.29 is 4.74 Å². The number of nitrogens with zero attached hydrogens (tertiary/aromatic N) is 4. The van der Waals surface area contributed by atoms with Crippen LogP contribution in [-0.2, 0) is 19.0 Å². The Bertz CT molecular complexity index is 515. The molecule has 0 unspecified atom stereocenters. The summed E-state index contributed by atoms with van der Waals surface area (Å²) in [5, 5.41) is 12.4. The first kappa shape index (κ1) is 12.5. The van der Waals surface area contributed by atoms with Crippen LogP contribution in [0.1, 0.15) is 11.4 Å². The van der Waals surface area contributed by atoms with E-state index in [1.54, 1.807) is 7.05 Å². The second-order valence-electron chi connectivity index (χ2n) is 3.35. The van der Waals surface area contributed by atoms with Crippen molar-refractivity contribution in [1.82, 2.24) is 20.2 Å². The summed E-state index contributed by atoms with van der Waals surface area (Å²) < 4.78 is 6.62. The Morgan fingerprint density at radius 1 is 1.41 bits per heavy atom. The van der Waals surface area contributed by atoms with Crippen molar-refractivity contribution in [2.24, 2.45) is 7.05 Å². The quantitative estimate of drug-likeness (QED) is 0.785. The van der Waals surface area contributed by atoms with Crippen molar-refractivity contribution >= 4 is 31.9 Å². The molecule has 1 aromatic carbocycles. The van der Waals surface area contributed by atoms with Gasteiger partial charge in [0, 0.05) is 10.9 Å². The molecule has 90 valence electrons. The van der Waals surface area contributed by atoms with Crippen LogP contribution in [0.5, 0.6) is 5.75 Å². The summed E-state index contributed by atoms with van der Waals surface area (Å²) in [5.41, 5.74) is 1.07. The zero-order valence-corrected chi connectivity index (χ0v) is 12.3. The van der Waals surface area contributed by atoms with Gasteiger partial charge < -0.3 is 4.74 Å². The summed E-state index contributed by atoms with van der Waals surface area (Å²) in [5.74, 6) is 1.36. The van der Waals surface area contributed by atoms with E-state index in [-0.39, 0.29) is 0 Å². The molecule has 0 aliphatic heterocycles. The van der Waals surface area contributed by atoms with Gasteiger partial charge in [0.25, 0.3) is 0 Å². The minimum Gasteiger partial charge on any atom is -0.484 e. The molecule has 0 aliphatic rings. The number of tetrazole rings is 1. The van der Waals surface area contributed by atoms with Crippen LogP contribution in [0.2, 0.25) is 0 Å². The molecule has 7 heteroatoms. The van der Waals surface area contributed by atoms with Crippen LogP contribution in [-0.4, -0.2) is 20.2 Å². The number of hydrogen-bond acceptors (Lipinski definition) is 4. The third kappa shape index (κ3) is 3.04. The van der Waals surface area contributed by atoms with Crippen molar-refractivity contribution in [2.75, 3.05) is 0 Å². The fourth-order valence-electron chi connectivity index (χ4n) is 1.34. The maximum Gasteiger partial charge on any atom is 0.212 e. The van der Waals surface area contributed by atoms with Gasteiger partial charge in [-0.25, -0.2) is 0 Å². The second kappa shape index (κ2) is 5.59. The van der Waals surface area contributed by atoms with Gasteiger partial charge in [0.15, 0.2) is 6.61 Å². The summed E-state index contributed by atoms with van der Waals surface area (Å²) in [7, 11) is 1.72. The SMILES string of the molecule is Cn1nnc(COc2c(Br)cccc2CBr)n1. The highest BCUT2D eigenvalue weighted by molar-refractivity contribution is 9.10. The van der Waals surface area contributed by atoms with Crippen molar-refractivity contribution in [3.63, 3.8) is 0 Å². The molecule has 17 heavy (non-hydrogen) atoms. The van der Waals surface area contributed by atoms with Crippen LogP contribution in [0.15, 0.2) is 22.7 Å². The predicted octanol–water partition coefficient (Wildman–Crippen LogP) is 2.45. The van der Waals surface area contributed by atoms with Gasteiger partial charge in [-0.15, -0.1) is 10.2 Å². The first-order chi connectivity index (χ1) is 8.20. The lowest BCUT2D eigenvalue weighted by Crippen LogP contribution is -2.01. The molecule has 0 aliphatic carbocycles. The van der Waals surface area contributed by atoms with E-state index in [0.717, 1.165) is 21.1 Å². The minimum absolute atomic E-state index is 0.302. The fraction of sp³-hybridized carbons (Fsp3) is 0.300. The molecule has 0 fully saturated rings. The lowest BCUT2D eigenvalue weighted by Gasteiger charge is -2.10. The Hall–Kier alpha value is -0.950. The van der Waals surface area contributed by atoms with Crippen molar-refractivity contribution in [2.45, 2.75) is 11.9 Å². The molecular weight excluding hydrogens is 352 g/mol. The zero-order chi connectivity index (χ0) is 12.3. The first-order valence-corrected chi connectivity index (χ1v) is 6.81. The van der Waals surface area contributed by atoms with Gasteiger partial charge in [-0.3, -0.25) is 0 Å². The Morgan fingerprint density at radius 2 is 2.24 bits per heavy atom. The van der Waals surface area contributed by atoms with Gasteiger partial charge in [0.1, 0.15) is 5.75 Å². The molecule has 0 bridgehead atoms. The molecule has 0 N–H and O–H groups in total. The predicted molar refractivity (Wildman–Crippen MR) is 69.9 cm³/mol. The number of rotatable bonds is 4. The standard InChI is InChI=1S/C10H10Br2N4O/c1-16-14-9(13-15-16)6-17-10-7(5-11)3-2-4-8(10)12/h2-4H,5-6H2,1H3. The fourth-order valence-corrected chi connectivity index (χ4v) is 2.30. The largest absolute Gasteiger partial charge is 0.484 e. The summed E-state index contributed by atoms with van der Waals surface area (Å²) in [4.78, 5) is 1.41. The molecule has 0 spiro atoms. The number of aromatic nitrogens is 4. The normalized spacial score (nSPS) is 10.5. The second-order valence-corrected chi connectivity index (χ2v) is 4.76. The number of benzene rings is 1. The molecule has 0 saturated carbocycles. The average molecular weight is 362 g/mol. The summed E-state index contributed by atoms with van der Waals surface area (Å²) in [6, 6.07) is 5.90. The van der Waals surface area contributed by atoms with E-state index in [2.05, 4.69) is 47.3 Å². The van der Waals surface area contributed by atoms with Gasteiger partial charge >= 0.3 is 0 Å². The number of alkyl halides is 1. The van der Waals surface area contributed by atoms with Gasteiger partial charge in [0.2, 0.25) is 5.82 Å². The van der Waals surface area contributed by atoms with E-state index in [1.165, 1.54) is 4.80 Å². The topological polar surface area (TPSA) is 52.8 Å². The van der Waals surface area contributed by atoms with Crippen LogP contribution in [0.25, 0.3) is 0 Å². The summed E-state index contributed by atoms with van der Waals surface area (Å²) >= 11 is 6.88. The highest BCUT2D eigenvalue weighted by atomic mass is 79.9. The monoisotopic (exact) mass is 360 g/mol. The molecule has 2 rings (SSSR count). The maximum atomic E-state index is 5.70. The van der Waals surface area contributed by atoms with Crippen molar-refractivity contribution in [3.05, 3.63) is 34.1 Å². The van der Waals surface area contributed by atoms with Gasteiger partial charge in [-0.1, -0.05) is 28.1 Å². The maximum absolute atomic E-state index is 5.70. The highest BCUT2D eigenvalue weighted by Gasteiger charge is 2.09. The highest BCUT2D eigenvalue weighted by Crippen LogP contribution is 2.30. The number of ether oxygens (including phenoxy) is 1. The van der Waals surface area contributed by atoms with E-state index in [4.69, 9.17) is 4.74 Å². The van der Waals surface area contributed by atoms with E-state index in [9.17, 15) is 0 Å². The van der Waals surface area contributed by atoms with Crippen LogP contribution in [0, 0.1) is 0 Å². The third-order valence-electron chi connectivity index (χ3n) is 2.09. The lowest BCUT2D eigenvalue weighted by molar-refractivity contribution is 0.291. The van der Waals surface area contributed by atoms with Crippen LogP contribution in [0.3, 0.4) is 0 Å². The molecule has 1 aromatic heterocycles. The lowest BCUT2D eigenvalue weighted by atomic mass is 10.2. The van der Waals surface area contributed by atoms with E-state index in [0.29, 0.717) is 12.4 Å². The third-order valence-corrected chi connectivity index (χ3v) is 3.32. The van der Waals surface area contributed by atoms with E-state index in [1.807, 2.05) is 18.2 Å². The minimum atomic E-state index is 0.302. The van der Waals surface area contributed by atoms with Crippen molar-refractivity contribution in [3.8, 4) is 5.75 Å². The molecule has 0 atom stereocenters. The van der Waals surface area contributed by atoms with Gasteiger partial charge in [-0.05, 0) is 27.2 Å². The van der Waals surface area contributed by atoms with Crippen LogP contribution < -0.4 is 4.74 Å². The molecule has 0 radical (unpaired) electrons. The Labute approximate surface area is 115 Å². The molecule has 0 saturated heterocycles. The zero-order valence-electron chi connectivity index (χ0n) is 9.10. The van der Waals surface area contributed by atoms with E-state index >= 15 is 0 Å². The summed E-state index contributed by atoms with van der Waals surface area (Å²) in [6.45, 7) is 0.302. The molecule has 0 amide bonds. The van der Waals surface area contributed by atoms with Crippen molar-refractivity contribution in [1.29, 1.82) is 0 Å². The van der Waals surface area contributed by atoms with Crippen LogP contribution >= 0.6 is 31.9 Å². The molecule has 5 nitrogen and oxygen atoms in total. The average Bonchev–Trinajstić information content (AvgIpc) is 2.73. The van der Waals surface area contributed by atoms with Crippen LogP contribution in [0.4, 0.5) is 0 Å². The smallest absolute Gasteiger partial charge is 0.212 e. The summed E-state index contributed by atoms with van der Waals surface area (Å²) in [6.07, 6.45) is 0. The van der Waals surface area contributed by atoms with E-state index < -0.39 is 0 Å². The Kier molecular flexibility index (Phi) is 4.11. The molecule has 1 heterocycles. The van der Waals surface area contributed by atoms with Gasteiger partial charge in [-0.2, -0.15) is 4.80 Å². The number of aryl methyl sites for hydroxylation is 1. The Balaban J connectivity index is 2.13. The number of para-hydroxylation sites is 1. The number of hydrogen-bond donors (Lipinski definition) is 0. The molecular formula is C10H10Br2N4O. The molecule has 2 aromatic rings. The Morgan fingerprint density at radius 3 is 2.88 bits per heavy atom. The number of halogens is 2. The van der Waals surface area contributed by atoms with Gasteiger partial charge in [0.05, 0.1) is 11.5 Å². The first-order valence-electron chi connectivity index (χ1n) is 4.89.